The van der Waals surface area contributed by atoms with E-state index in [-0.39, 0.29) is 12.3 Å². The fraction of sp³-hybridized carbons (Fsp3) is 0.600. The maximum atomic E-state index is 9.37. The smallest absolute Gasteiger partial charge is 0.303 e. The van der Waals surface area contributed by atoms with Crippen molar-refractivity contribution < 1.29 is 9.90 Å². The summed E-state index contributed by atoms with van der Waals surface area (Å²) in [5, 5.41) is 14.0. The van der Waals surface area contributed by atoms with Gasteiger partial charge in [-0.2, -0.15) is 0 Å². The van der Waals surface area contributed by atoms with E-state index >= 15 is 0 Å². The highest BCUT2D eigenvalue weighted by atomic mass is 16.4. The molecule has 0 aromatic carbocycles. The molecule has 0 spiro atoms. The Balaban J connectivity index is 0. The molecule has 0 heterocycles. The summed E-state index contributed by atoms with van der Waals surface area (Å²) in [5.74, 6) is -0.579. The average molecular weight is 132 g/mol. The number of nitrogens with one attached hydrogen (secondary N) is 1. The normalized spacial score (nSPS) is 6.89. The molecule has 0 radical (unpaired) electrons. The number of carboxylic acids is 1. The minimum atomic E-state index is -0.745. The molecule has 0 aromatic heterocycles. The summed E-state index contributed by atoms with van der Waals surface area (Å²) in [5.41, 5.74) is 4.69. The fourth-order valence-corrected chi connectivity index (χ4v) is 0. The monoisotopic (exact) mass is 132 g/mol. The van der Waals surface area contributed by atoms with E-state index < -0.39 is 5.97 Å². The summed E-state index contributed by atoms with van der Waals surface area (Å²) in [6.07, 6.45) is 0.222. The van der Waals surface area contributed by atoms with Gasteiger partial charge in [0.25, 0.3) is 0 Å². The molecule has 0 amide bonds. The highest BCUT2D eigenvalue weighted by molar-refractivity contribution is 5.73. The molecule has 9 heavy (non-hydrogen) atoms. The number of nitrogens with two attached hydrogens (primary N) is 1. The third kappa shape index (κ3) is 192. The van der Waals surface area contributed by atoms with Gasteiger partial charge in [-0.05, 0) is 6.92 Å². The second-order valence-electron chi connectivity index (χ2n) is 1.43. The second kappa shape index (κ2) is 6.94. The molecular weight excluding hydrogens is 120 g/mol. The Kier molecular flexibility index (Phi) is 8.36. The number of hydrogen-bond donors (Lipinski definition) is 3. The first-order chi connectivity index (χ1) is 4.00. The topological polar surface area (TPSA) is 87.2 Å². The van der Waals surface area contributed by atoms with E-state index in [1.807, 2.05) is 0 Å². The Labute approximate surface area is 54.2 Å². The molecule has 4 N–H and O–H groups in total. The lowest BCUT2D eigenvalue weighted by Gasteiger charge is -1.71. The molecule has 0 aliphatic rings. The van der Waals surface area contributed by atoms with Gasteiger partial charge in [0, 0.05) is 6.42 Å². The number of amidine groups is 1. The molecule has 0 fully saturated rings. The van der Waals surface area contributed by atoms with E-state index in [0.717, 1.165) is 0 Å². The van der Waals surface area contributed by atoms with Crippen LogP contribution < -0.4 is 5.73 Å². The second-order valence-corrected chi connectivity index (χ2v) is 1.43. The molecular formula is C5H12N2O2. The van der Waals surface area contributed by atoms with Crippen LogP contribution in [-0.4, -0.2) is 16.9 Å². The highest BCUT2D eigenvalue weighted by Gasteiger charge is 1.80. The summed E-state index contributed by atoms with van der Waals surface area (Å²) in [6, 6.07) is 0. The first-order valence-corrected chi connectivity index (χ1v) is 2.53. The van der Waals surface area contributed by atoms with Gasteiger partial charge in [-0.25, -0.2) is 0 Å². The van der Waals surface area contributed by atoms with Gasteiger partial charge in [0.1, 0.15) is 0 Å². The third-order valence-corrected chi connectivity index (χ3v) is 0.302. The van der Waals surface area contributed by atoms with Crippen molar-refractivity contribution in [2.45, 2.75) is 20.3 Å². The van der Waals surface area contributed by atoms with Gasteiger partial charge >= 0.3 is 5.97 Å². The summed E-state index contributed by atoms with van der Waals surface area (Å²) in [7, 11) is 0. The molecule has 0 saturated carbocycles. The van der Waals surface area contributed by atoms with E-state index in [1.54, 1.807) is 6.92 Å². The number of carboxylic acid groups (broad SMARTS) is 1. The predicted molar refractivity (Wildman–Crippen MR) is 35.5 cm³/mol. The molecule has 0 unspecified atom stereocenters. The van der Waals surface area contributed by atoms with Crippen LogP contribution in [0.15, 0.2) is 0 Å². The zero-order valence-electron chi connectivity index (χ0n) is 5.64. The lowest BCUT2D eigenvalue weighted by molar-refractivity contribution is -0.136. The van der Waals surface area contributed by atoms with Crippen molar-refractivity contribution in [2.75, 3.05) is 0 Å². The predicted octanol–water partition coefficient (Wildman–Crippen LogP) is 0.423. The van der Waals surface area contributed by atoms with Crippen molar-refractivity contribution in [3.8, 4) is 0 Å². The van der Waals surface area contributed by atoms with Gasteiger partial charge in [0.05, 0.1) is 5.84 Å². The average Bonchev–Trinajstić information content (AvgIpc) is 1.65. The number of hydrogen-bond acceptors (Lipinski definition) is 2. The van der Waals surface area contributed by atoms with Gasteiger partial charge in [-0.1, -0.05) is 6.92 Å². The molecule has 0 atom stereocenters. The van der Waals surface area contributed by atoms with Crippen LogP contribution in [0.5, 0.6) is 0 Å². The SMILES string of the molecule is CC(=N)N.CCC(=O)O. The maximum Gasteiger partial charge on any atom is 0.303 e. The zero-order chi connectivity index (χ0) is 7.86. The largest absolute Gasteiger partial charge is 0.481 e. The third-order valence-electron chi connectivity index (χ3n) is 0.302. The standard InChI is InChI=1S/C3H6O2.C2H6N2/c1-2-3(4)5;1-2(3)4/h2H2,1H3,(H,4,5);1H3,(H3,3,4). The van der Waals surface area contributed by atoms with E-state index in [1.165, 1.54) is 6.92 Å². The first-order valence-electron chi connectivity index (χ1n) is 2.53. The molecule has 4 heteroatoms. The van der Waals surface area contributed by atoms with Gasteiger partial charge in [-0.15, -0.1) is 0 Å². The molecule has 0 rings (SSSR count). The van der Waals surface area contributed by atoms with Gasteiger partial charge in [0.15, 0.2) is 0 Å². The Morgan fingerprint density at radius 3 is 1.89 bits per heavy atom. The minimum Gasteiger partial charge on any atom is -0.481 e. The van der Waals surface area contributed by atoms with Crippen LogP contribution in [0.4, 0.5) is 0 Å². The lowest BCUT2D eigenvalue weighted by Crippen LogP contribution is -2.00. The number of rotatable bonds is 1. The van der Waals surface area contributed by atoms with Gasteiger partial charge in [-0.3, -0.25) is 10.2 Å². The van der Waals surface area contributed by atoms with Crippen LogP contribution in [0.3, 0.4) is 0 Å². The van der Waals surface area contributed by atoms with Crippen molar-refractivity contribution in [3.63, 3.8) is 0 Å². The molecule has 54 valence electrons. The molecule has 4 nitrogen and oxygen atoms in total. The van der Waals surface area contributed by atoms with Crippen LogP contribution in [0.2, 0.25) is 0 Å². The van der Waals surface area contributed by atoms with Crippen LogP contribution in [-0.2, 0) is 4.79 Å². The van der Waals surface area contributed by atoms with E-state index in [9.17, 15) is 4.79 Å². The van der Waals surface area contributed by atoms with Crippen molar-refractivity contribution in [1.82, 2.24) is 0 Å². The Morgan fingerprint density at radius 2 is 1.89 bits per heavy atom. The quantitative estimate of drug-likeness (QED) is 0.357. The van der Waals surface area contributed by atoms with Gasteiger partial charge in [0.2, 0.25) is 0 Å². The van der Waals surface area contributed by atoms with Crippen LogP contribution in [0.25, 0.3) is 0 Å². The van der Waals surface area contributed by atoms with Crippen molar-refractivity contribution in [1.29, 1.82) is 5.41 Å². The summed E-state index contributed by atoms with van der Waals surface area (Å²) < 4.78 is 0. The number of carbonyl (C=O) groups is 1. The van der Waals surface area contributed by atoms with Crippen LogP contribution in [0, 0.1) is 5.41 Å². The van der Waals surface area contributed by atoms with E-state index in [4.69, 9.17) is 16.2 Å². The van der Waals surface area contributed by atoms with Crippen molar-refractivity contribution in [3.05, 3.63) is 0 Å². The van der Waals surface area contributed by atoms with E-state index in [2.05, 4.69) is 0 Å². The van der Waals surface area contributed by atoms with Crippen LogP contribution >= 0.6 is 0 Å². The maximum absolute atomic E-state index is 9.37. The van der Waals surface area contributed by atoms with Gasteiger partial charge < -0.3 is 10.8 Å². The fourth-order valence-electron chi connectivity index (χ4n) is 0. The van der Waals surface area contributed by atoms with Crippen LogP contribution in [0.1, 0.15) is 20.3 Å². The Hall–Kier alpha value is -1.06. The molecule has 0 aliphatic carbocycles. The Morgan fingerprint density at radius 1 is 1.78 bits per heavy atom. The zero-order valence-corrected chi connectivity index (χ0v) is 5.64. The highest BCUT2D eigenvalue weighted by Crippen LogP contribution is 1.67. The lowest BCUT2D eigenvalue weighted by atomic mass is 10.5. The van der Waals surface area contributed by atoms with Crippen molar-refractivity contribution in [2.24, 2.45) is 5.73 Å². The van der Waals surface area contributed by atoms with E-state index in [0.29, 0.717) is 0 Å². The summed E-state index contributed by atoms with van der Waals surface area (Å²) in [4.78, 5) is 9.37. The molecule has 0 bridgehead atoms. The number of aliphatic carboxylic acids is 1. The molecule has 0 aliphatic heterocycles. The Bertz CT molecular complexity index is 97.1. The first kappa shape index (κ1) is 10.8. The minimum absolute atomic E-state index is 0.167. The summed E-state index contributed by atoms with van der Waals surface area (Å²) in [6.45, 7) is 3.13. The summed E-state index contributed by atoms with van der Waals surface area (Å²) >= 11 is 0. The molecule has 0 aromatic rings. The van der Waals surface area contributed by atoms with Crippen molar-refractivity contribution >= 4 is 11.8 Å². The molecule has 0 saturated heterocycles.